The highest BCUT2D eigenvalue weighted by atomic mass is 28.2. The number of hydrogen-bond donors (Lipinski definition) is 1. The van der Waals surface area contributed by atoms with Gasteiger partial charge >= 0.3 is 0 Å². The Balaban J connectivity index is 2.52. The molecule has 1 N–H and O–H groups in total. The summed E-state index contributed by atoms with van der Waals surface area (Å²) in [5.41, 5.74) is 0.328. The van der Waals surface area contributed by atoms with Gasteiger partial charge in [0.05, 0.1) is 5.60 Å². The second kappa shape index (κ2) is 4.43. The lowest BCUT2D eigenvalue weighted by Gasteiger charge is -2.35. The van der Waals surface area contributed by atoms with Crippen LogP contribution in [0.4, 0.5) is 0 Å². The van der Waals surface area contributed by atoms with E-state index >= 15 is 0 Å². The Kier molecular flexibility index (Phi) is 3.93. The summed E-state index contributed by atoms with van der Waals surface area (Å²) in [7, 11) is -0.452. The third-order valence-corrected chi connectivity index (χ3v) is 5.20. The summed E-state index contributed by atoms with van der Waals surface area (Å²) in [6.45, 7) is 17.0. The first-order valence-electron chi connectivity index (χ1n) is 6.41. The molecule has 1 aliphatic heterocycles. The molecule has 0 aromatic carbocycles. The van der Waals surface area contributed by atoms with Gasteiger partial charge in [0.25, 0.3) is 0 Å². The molecule has 1 aliphatic rings. The number of hydrogen-bond acceptors (Lipinski definition) is 2. The van der Waals surface area contributed by atoms with Crippen molar-refractivity contribution < 1.29 is 4.43 Å². The monoisotopic (exact) mass is 243 g/mol. The normalized spacial score (nSPS) is 26.8. The van der Waals surface area contributed by atoms with Crippen LogP contribution in [-0.2, 0) is 4.43 Å². The van der Waals surface area contributed by atoms with Crippen molar-refractivity contribution in [1.29, 1.82) is 0 Å². The second-order valence-electron chi connectivity index (χ2n) is 7.62. The molecule has 1 fully saturated rings. The van der Waals surface area contributed by atoms with Crippen LogP contribution in [0.1, 0.15) is 54.9 Å². The first-order valence-corrected chi connectivity index (χ1v) is 7.69. The van der Waals surface area contributed by atoms with Gasteiger partial charge in [-0.1, -0.05) is 20.8 Å². The molecule has 0 aromatic heterocycles. The topological polar surface area (TPSA) is 21.3 Å². The van der Waals surface area contributed by atoms with Crippen molar-refractivity contribution in [3.05, 3.63) is 0 Å². The summed E-state index contributed by atoms with van der Waals surface area (Å²) in [6, 6.07) is 0. The van der Waals surface area contributed by atoms with E-state index in [1.54, 1.807) is 0 Å². The maximum atomic E-state index is 6.27. The summed E-state index contributed by atoms with van der Waals surface area (Å²) in [5.74, 6) is 0.650. The van der Waals surface area contributed by atoms with Gasteiger partial charge in [-0.2, -0.15) is 0 Å². The van der Waals surface area contributed by atoms with Gasteiger partial charge in [0.1, 0.15) is 0 Å². The van der Waals surface area contributed by atoms with E-state index in [1.165, 1.54) is 6.42 Å². The molecule has 1 unspecified atom stereocenters. The summed E-state index contributed by atoms with van der Waals surface area (Å²) in [6.07, 6.45) is 1.22. The Bertz CT molecular complexity index is 243. The molecular weight excluding hydrogens is 214 g/mol. The van der Waals surface area contributed by atoms with Crippen LogP contribution in [0, 0.1) is 5.92 Å². The number of nitrogens with one attached hydrogen (secondary N) is 1. The highest BCUT2D eigenvalue weighted by Gasteiger charge is 2.40. The molecule has 0 aromatic rings. The lowest BCUT2D eigenvalue weighted by Crippen LogP contribution is -2.38. The van der Waals surface area contributed by atoms with Gasteiger partial charge in [-0.3, -0.25) is 0 Å². The smallest absolute Gasteiger partial charge is 0.167 e. The van der Waals surface area contributed by atoms with E-state index < -0.39 is 9.76 Å². The van der Waals surface area contributed by atoms with E-state index in [1.807, 2.05) is 0 Å². The fraction of sp³-hybridized carbons (Fsp3) is 1.00. The van der Waals surface area contributed by atoms with Gasteiger partial charge in [-0.25, -0.2) is 0 Å². The Labute approximate surface area is 103 Å². The fourth-order valence-electron chi connectivity index (χ4n) is 2.17. The van der Waals surface area contributed by atoms with E-state index in [2.05, 4.69) is 53.8 Å². The predicted octanol–water partition coefficient (Wildman–Crippen LogP) is 2.47. The lowest BCUT2D eigenvalue weighted by molar-refractivity contribution is 0.0495. The molecule has 1 rings (SSSR count). The highest BCUT2D eigenvalue weighted by Crippen LogP contribution is 2.35. The van der Waals surface area contributed by atoms with E-state index in [4.69, 9.17) is 4.43 Å². The van der Waals surface area contributed by atoms with Gasteiger partial charge in [-0.05, 0) is 39.2 Å². The van der Waals surface area contributed by atoms with Crippen LogP contribution >= 0.6 is 0 Å². The maximum Gasteiger partial charge on any atom is 0.167 e. The minimum Gasteiger partial charge on any atom is -0.418 e. The zero-order valence-corrected chi connectivity index (χ0v) is 13.5. The molecule has 3 heteroatoms. The third kappa shape index (κ3) is 4.19. The van der Waals surface area contributed by atoms with E-state index in [0.29, 0.717) is 11.0 Å². The zero-order valence-electron chi connectivity index (χ0n) is 12.1. The van der Waals surface area contributed by atoms with Crippen LogP contribution in [0.15, 0.2) is 0 Å². The summed E-state index contributed by atoms with van der Waals surface area (Å²) in [4.78, 5) is 0. The van der Waals surface area contributed by atoms with Gasteiger partial charge in [0.2, 0.25) is 0 Å². The quantitative estimate of drug-likeness (QED) is 0.769. The first kappa shape index (κ1) is 14.2. The molecule has 1 heterocycles. The standard InChI is InChI=1S/C13H29NOSi/c1-11(2,3)16-15-13(6,7)10-8-12(4,5)14-9-10/h10,14H,8-9,16H2,1-7H3. The summed E-state index contributed by atoms with van der Waals surface area (Å²) < 4.78 is 6.27. The van der Waals surface area contributed by atoms with Crippen molar-refractivity contribution in [2.75, 3.05) is 6.54 Å². The average Bonchev–Trinajstić information content (AvgIpc) is 2.42. The SMILES string of the molecule is CC1(C)CC(C(C)(C)O[SiH2]C(C)(C)C)CN1. The summed E-state index contributed by atoms with van der Waals surface area (Å²) >= 11 is 0. The van der Waals surface area contributed by atoms with Gasteiger partial charge < -0.3 is 9.74 Å². The Hall–Kier alpha value is 0.137. The fourth-order valence-corrected chi connectivity index (χ4v) is 3.21. The van der Waals surface area contributed by atoms with Crippen molar-refractivity contribution >= 4 is 9.76 Å². The van der Waals surface area contributed by atoms with Gasteiger partial charge in [-0.15, -0.1) is 0 Å². The maximum absolute atomic E-state index is 6.27. The molecule has 16 heavy (non-hydrogen) atoms. The average molecular weight is 243 g/mol. The van der Waals surface area contributed by atoms with Crippen LogP contribution in [0.2, 0.25) is 5.04 Å². The molecular formula is C13H29NOSi. The van der Waals surface area contributed by atoms with Crippen molar-refractivity contribution in [1.82, 2.24) is 5.32 Å². The Morgan fingerprint density at radius 1 is 1.19 bits per heavy atom. The molecule has 0 radical (unpaired) electrons. The zero-order chi connectivity index (χ0) is 12.6. The lowest BCUT2D eigenvalue weighted by atomic mass is 9.86. The second-order valence-corrected chi connectivity index (χ2v) is 10.3. The van der Waals surface area contributed by atoms with Crippen molar-refractivity contribution in [3.63, 3.8) is 0 Å². The predicted molar refractivity (Wildman–Crippen MR) is 73.6 cm³/mol. The van der Waals surface area contributed by atoms with E-state index in [-0.39, 0.29) is 11.1 Å². The van der Waals surface area contributed by atoms with Crippen molar-refractivity contribution in [3.8, 4) is 0 Å². The van der Waals surface area contributed by atoms with Crippen LogP contribution in [0.25, 0.3) is 0 Å². The minimum atomic E-state index is -0.452. The number of rotatable bonds is 3. The van der Waals surface area contributed by atoms with E-state index in [0.717, 1.165) is 6.54 Å². The molecule has 1 atom stereocenters. The highest BCUT2D eigenvalue weighted by molar-refractivity contribution is 6.31. The van der Waals surface area contributed by atoms with Gasteiger partial charge in [0.15, 0.2) is 9.76 Å². The molecule has 2 nitrogen and oxygen atoms in total. The minimum absolute atomic E-state index is 0.0419. The first-order chi connectivity index (χ1) is 7.02. The van der Waals surface area contributed by atoms with Crippen LogP contribution < -0.4 is 5.32 Å². The van der Waals surface area contributed by atoms with Crippen molar-refractivity contribution in [2.45, 2.75) is 71.1 Å². The molecule has 0 aliphatic carbocycles. The third-order valence-electron chi connectivity index (χ3n) is 3.44. The van der Waals surface area contributed by atoms with Crippen molar-refractivity contribution in [2.24, 2.45) is 5.92 Å². The van der Waals surface area contributed by atoms with Crippen LogP contribution in [-0.4, -0.2) is 27.4 Å². The molecule has 0 amide bonds. The van der Waals surface area contributed by atoms with E-state index in [9.17, 15) is 0 Å². The van der Waals surface area contributed by atoms with Gasteiger partial charge in [0, 0.05) is 18.0 Å². The van der Waals surface area contributed by atoms with Crippen LogP contribution in [0.3, 0.4) is 0 Å². The summed E-state index contributed by atoms with van der Waals surface area (Å²) in [5, 5.41) is 3.97. The van der Waals surface area contributed by atoms with Crippen LogP contribution in [0.5, 0.6) is 0 Å². The molecule has 0 spiro atoms. The largest absolute Gasteiger partial charge is 0.418 e. The molecule has 0 saturated carbocycles. The Morgan fingerprint density at radius 3 is 2.12 bits per heavy atom. The molecule has 96 valence electrons. The Morgan fingerprint density at radius 2 is 1.75 bits per heavy atom. The molecule has 0 bridgehead atoms. The molecule has 1 saturated heterocycles.